The molecule has 1 aliphatic heterocycles. The molecule has 0 N–H and O–H groups in total. The zero-order valence-corrected chi connectivity index (χ0v) is 9.98. The number of hydrogen-bond acceptors (Lipinski definition) is 3. The highest BCUT2D eigenvalue weighted by Crippen LogP contribution is 1.98. The zero-order chi connectivity index (χ0) is 10.5. The SMILES string of the molecule is CN1CCO[Si](c2ccccc2)OCC1. The van der Waals surface area contributed by atoms with Crippen LogP contribution in [0.3, 0.4) is 0 Å². The summed E-state index contributed by atoms with van der Waals surface area (Å²) < 4.78 is 11.6. The first-order valence-electron chi connectivity index (χ1n) is 5.23. The second-order valence-corrected chi connectivity index (χ2v) is 5.38. The van der Waals surface area contributed by atoms with Crippen LogP contribution in [0.2, 0.25) is 0 Å². The highest BCUT2D eigenvalue weighted by atomic mass is 28.3. The van der Waals surface area contributed by atoms with Crippen molar-refractivity contribution in [3.8, 4) is 0 Å². The smallest absolute Gasteiger partial charge is 0.389 e. The summed E-state index contributed by atoms with van der Waals surface area (Å²) >= 11 is 0. The minimum atomic E-state index is -1.23. The Morgan fingerprint density at radius 3 is 2.27 bits per heavy atom. The van der Waals surface area contributed by atoms with Crippen molar-refractivity contribution in [3.63, 3.8) is 0 Å². The minimum absolute atomic E-state index is 0.764. The Balaban J connectivity index is 1.98. The summed E-state index contributed by atoms with van der Waals surface area (Å²) in [6.45, 7) is 3.51. The number of benzene rings is 1. The molecule has 0 amide bonds. The highest BCUT2D eigenvalue weighted by molar-refractivity contribution is 6.61. The second kappa shape index (κ2) is 5.41. The van der Waals surface area contributed by atoms with Gasteiger partial charge in [0.2, 0.25) is 0 Å². The molecule has 0 unspecified atom stereocenters. The van der Waals surface area contributed by atoms with E-state index in [2.05, 4.69) is 24.1 Å². The van der Waals surface area contributed by atoms with Crippen LogP contribution >= 0.6 is 0 Å². The summed E-state index contributed by atoms with van der Waals surface area (Å²) in [4.78, 5) is 2.23. The first kappa shape index (κ1) is 10.8. The van der Waals surface area contributed by atoms with Crippen LogP contribution in [-0.4, -0.2) is 47.5 Å². The maximum Gasteiger partial charge on any atom is 0.423 e. The Kier molecular flexibility index (Phi) is 3.91. The molecule has 4 heteroatoms. The van der Waals surface area contributed by atoms with Crippen molar-refractivity contribution in [2.45, 2.75) is 0 Å². The molecule has 1 radical (unpaired) electrons. The molecule has 3 nitrogen and oxygen atoms in total. The molecule has 0 spiro atoms. The summed E-state index contributed by atoms with van der Waals surface area (Å²) in [5, 5.41) is 1.20. The van der Waals surface area contributed by atoms with Gasteiger partial charge in [0.05, 0.1) is 0 Å². The van der Waals surface area contributed by atoms with Gasteiger partial charge >= 0.3 is 9.28 Å². The lowest BCUT2D eigenvalue weighted by molar-refractivity contribution is 0.132. The van der Waals surface area contributed by atoms with Gasteiger partial charge in [0.1, 0.15) is 0 Å². The number of likely N-dealkylation sites (N-methyl/N-ethyl adjacent to an activating group) is 1. The summed E-state index contributed by atoms with van der Waals surface area (Å²) in [6, 6.07) is 10.2. The van der Waals surface area contributed by atoms with Gasteiger partial charge in [-0.15, -0.1) is 0 Å². The summed E-state index contributed by atoms with van der Waals surface area (Å²) in [6.07, 6.45) is 0. The fourth-order valence-electron chi connectivity index (χ4n) is 1.48. The van der Waals surface area contributed by atoms with Crippen LogP contribution in [-0.2, 0) is 8.85 Å². The van der Waals surface area contributed by atoms with Crippen LogP contribution in [0.1, 0.15) is 0 Å². The van der Waals surface area contributed by atoms with E-state index < -0.39 is 9.28 Å². The normalized spacial score (nSPS) is 20.9. The van der Waals surface area contributed by atoms with Crippen molar-refractivity contribution in [1.29, 1.82) is 0 Å². The lowest BCUT2D eigenvalue weighted by atomic mass is 10.4. The summed E-state index contributed by atoms with van der Waals surface area (Å²) in [7, 11) is 0.856. The third-order valence-corrected chi connectivity index (χ3v) is 4.16. The maximum absolute atomic E-state index is 5.78. The van der Waals surface area contributed by atoms with E-state index in [-0.39, 0.29) is 0 Å². The average Bonchev–Trinajstić information content (AvgIpc) is 2.24. The molecule has 0 saturated carbocycles. The Morgan fingerprint density at radius 2 is 1.67 bits per heavy atom. The van der Waals surface area contributed by atoms with Gasteiger partial charge in [0.15, 0.2) is 0 Å². The van der Waals surface area contributed by atoms with E-state index in [1.807, 2.05) is 18.2 Å². The standard InChI is InChI=1S/C11H16NO2Si/c1-12-7-9-13-15(14-10-8-12)11-5-3-2-4-6-11/h2-6H,7-10H2,1H3. The molecule has 0 bridgehead atoms. The highest BCUT2D eigenvalue weighted by Gasteiger charge is 2.20. The molecule has 0 atom stereocenters. The molecule has 1 aliphatic rings. The van der Waals surface area contributed by atoms with Crippen molar-refractivity contribution in [2.24, 2.45) is 0 Å². The molecule has 0 aliphatic carbocycles. The second-order valence-electron chi connectivity index (χ2n) is 3.65. The van der Waals surface area contributed by atoms with Crippen molar-refractivity contribution in [1.82, 2.24) is 4.90 Å². The van der Waals surface area contributed by atoms with Gasteiger partial charge in [-0.2, -0.15) is 0 Å². The molecule has 2 rings (SSSR count). The van der Waals surface area contributed by atoms with Gasteiger partial charge in [-0.25, -0.2) is 0 Å². The maximum atomic E-state index is 5.78. The quantitative estimate of drug-likeness (QED) is 0.641. The van der Waals surface area contributed by atoms with Crippen molar-refractivity contribution in [3.05, 3.63) is 30.3 Å². The van der Waals surface area contributed by atoms with Crippen LogP contribution in [0.5, 0.6) is 0 Å². The predicted octanol–water partition coefficient (Wildman–Crippen LogP) is 0.360. The van der Waals surface area contributed by atoms with Crippen molar-refractivity contribution in [2.75, 3.05) is 33.4 Å². The fraction of sp³-hybridized carbons (Fsp3) is 0.455. The van der Waals surface area contributed by atoms with E-state index in [0.29, 0.717) is 0 Å². The largest absolute Gasteiger partial charge is 0.423 e. The molecule has 81 valence electrons. The molecular weight excluding hydrogens is 206 g/mol. The predicted molar refractivity (Wildman–Crippen MR) is 61.2 cm³/mol. The lowest BCUT2D eigenvalue weighted by Crippen LogP contribution is -2.43. The van der Waals surface area contributed by atoms with Crippen LogP contribution in [0.15, 0.2) is 30.3 Å². The molecule has 1 heterocycles. The van der Waals surface area contributed by atoms with Crippen LogP contribution in [0.25, 0.3) is 0 Å². The van der Waals surface area contributed by atoms with E-state index >= 15 is 0 Å². The zero-order valence-electron chi connectivity index (χ0n) is 8.98. The first-order chi connectivity index (χ1) is 7.36. The third-order valence-electron chi connectivity index (χ3n) is 2.42. The van der Waals surface area contributed by atoms with Crippen LogP contribution in [0.4, 0.5) is 0 Å². The summed E-state index contributed by atoms with van der Waals surface area (Å²) in [5.41, 5.74) is 0. The van der Waals surface area contributed by atoms with Gasteiger partial charge in [-0.1, -0.05) is 30.3 Å². The number of nitrogens with zero attached hydrogens (tertiary/aromatic N) is 1. The summed E-state index contributed by atoms with van der Waals surface area (Å²) in [5.74, 6) is 0. The van der Waals surface area contributed by atoms with Gasteiger partial charge in [0, 0.05) is 26.3 Å². The number of rotatable bonds is 1. The van der Waals surface area contributed by atoms with E-state index in [9.17, 15) is 0 Å². The molecule has 1 aromatic rings. The van der Waals surface area contributed by atoms with Crippen LogP contribution < -0.4 is 5.19 Å². The van der Waals surface area contributed by atoms with Gasteiger partial charge < -0.3 is 13.8 Å². The van der Waals surface area contributed by atoms with Crippen LogP contribution in [0, 0.1) is 0 Å². The third kappa shape index (κ3) is 3.14. The van der Waals surface area contributed by atoms with Crippen molar-refractivity contribution >= 4 is 14.5 Å². The monoisotopic (exact) mass is 222 g/mol. The minimum Gasteiger partial charge on any atom is -0.389 e. The van der Waals surface area contributed by atoms with Gasteiger partial charge in [0.25, 0.3) is 0 Å². The Morgan fingerprint density at radius 1 is 1.07 bits per heavy atom. The first-order valence-corrected chi connectivity index (χ1v) is 6.54. The van der Waals surface area contributed by atoms with Gasteiger partial charge in [-0.05, 0) is 12.2 Å². The van der Waals surface area contributed by atoms with E-state index in [1.54, 1.807) is 0 Å². The average molecular weight is 222 g/mol. The molecule has 0 aromatic heterocycles. The fourth-order valence-corrected chi connectivity index (χ4v) is 2.92. The van der Waals surface area contributed by atoms with E-state index in [4.69, 9.17) is 8.85 Å². The van der Waals surface area contributed by atoms with Gasteiger partial charge in [-0.3, -0.25) is 0 Å². The van der Waals surface area contributed by atoms with E-state index in [0.717, 1.165) is 26.3 Å². The Hall–Kier alpha value is -0.683. The molecule has 1 aromatic carbocycles. The lowest BCUT2D eigenvalue weighted by Gasteiger charge is -2.24. The molecular formula is C11H16NO2Si. The number of hydrogen-bond donors (Lipinski definition) is 0. The Labute approximate surface area is 92.5 Å². The molecule has 1 fully saturated rings. The van der Waals surface area contributed by atoms with E-state index in [1.165, 1.54) is 5.19 Å². The molecule has 1 saturated heterocycles. The Bertz CT molecular complexity index is 284. The topological polar surface area (TPSA) is 21.7 Å². The van der Waals surface area contributed by atoms with Crippen molar-refractivity contribution < 1.29 is 8.85 Å². The molecule has 15 heavy (non-hydrogen) atoms.